The van der Waals surface area contributed by atoms with Crippen LogP contribution < -0.4 is 10.6 Å². The molecule has 0 bridgehead atoms. The predicted molar refractivity (Wildman–Crippen MR) is 80.7 cm³/mol. The normalized spacial score (nSPS) is 20.3. The van der Waals surface area contributed by atoms with E-state index in [0.29, 0.717) is 12.6 Å². The largest absolute Gasteiger partial charge is 0.383 e. The van der Waals surface area contributed by atoms with E-state index in [1.807, 2.05) is 0 Å². The Hall–Kier alpha value is -0.810. The van der Waals surface area contributed by atoms with Crippen LogP contribution in [-0.4, -0.2) is 63.8 Å². The van der Waals surface area contributed by atoms with Crippen molar-refractivity contribution in [3.05, 3.63) is 0 Å². The van der Waals surface area contributed by atoms with E-state index in [2.05, 4.69) is 34.4 Å². The van der Waals surface area contributed by atoms with Crippen molar-refractivity contribution in [3.8, 4) is 0 Å². The Morgan fingerprint density at radius 2 is 2.05 bits per heavy atom. The van der Waals surface area contributed by atoms with Gasteiger partial charge in [0.1, 0.15) is 0 Å². The Labute approximate surface area is 117 Å². The third kappa shape index (κ3) is 6.25. The third-order valence-corrected chi connectivity index (χ3v) is 3.83. The number of likely N-dealkylation sites (tertiary alicyclic amines) is 1. The molecule has 0 aromatic heterocycles. The standard InChI is InChI=1S/C14H30N4O/c1-12-5-8-18(9-6-12)13(2)11-17-14(15-3)16-7-10-19-4/h12-13H,5-11H2,1-4H3,(H2,15,16,17). The highest BCUT2D eigenvalue weighted by Gasteiger charge is 2.20. The Morgan fingerprint density at radius 3 is 2.63 bits per heavy atom. The summed E-state index contributed by atoms with van der Waals surface area (Å²) >= 11 is 0. The highest BCUT2D eigenvalue weighted by atomic mass is 16.5. The summed E-state index contributed by atoms with van der Waals surface area (Å²) in [6.07, 6.45) is 2.65. The fourth-order valence-corrected chi connectivity index (χ4v) is 2.33. The summed E-state index contributed by atoms with van der Waals surface area (Å²) in [5.74, 6) is 1.74. The number of piperidine rings is 1. The molecule has 1 aliphatic rings. The van der Waals surface area contributed by atoms with Crippen LogP contribution >= 0.6 is 0 Å². The van der Waals surface area contributed by atoms with Crippen LogP contribution in [0.1, 0.15) is 26.7 Å². The molecule has 1 aliphatic heterocycles. The van der Waals surface area contributed by atoms with Gasteiger partial charge in [0.2, 0.25) is 0 Å². The Kier molecular flexibility index (Phi) is 7.82. The van der Waals surface area contributed by atoms with Gasteiger partial charge in [-0.3, -0.25) is 9.89 Å². The molecule has 0 aromatic carbocycles. The third-order valence-electron chi connectivity index (χ3n) is 3.83. The number of rotatable bonds is 6. The summed E-state index contributed by atoms with van der Waals surface area (Å²) < 4.78 is 5.01. The zero-order valence-corrected chi connectivity index (χ0v) is 12.9. The topological polar surface area (TPSA) is 48.9 Å². The molecule has 5 heteroatoms. The second kappa shape index (κ2) is 9.15. The first-order valence-electron chi connectivity index (χ1n) is 7.34. The molecular weight excluding hydrogens is 240 g/mol. The molecule has 0 radical (unpaired) electrons. The fourth-order valence-electron chi connectivity index (χ4n) is 2.33. The molecule has 1 heterocycles. The summed E-state index contributed by atoms with van der Waals surface area (Å²) in [6.45, 7) is 9.49. The minimum absolute atomic E-state index is 0.550. The van der Waals surface area contributed by atoms with Crippen molar-refractivity contribution in [2.24, 2.45) is 10.9 Å². The van der Waals surface area contributed by atoms with Gasteiger partial charge in [0.05, 0.1) is 6.61 Å². The number of guanidine groups is 1. The van der Waals surface area contributed by atoms with Crippen molar-refractivity contribution in [1.29, 1.82) is 0 Å². The molecule has 0 spiro atoms. The molecular formula is C14H30N4O. The van der Waals surface area contributed by atoms with E-state index < -0.39 is 0 Å². The van der Waals surface area contributed by atoms with Gasteiger partial charge in [0.15, 0.2) is 5.96 Å². The smallest absolute Gasteiger partial charge is 0.191 e. The molecule has 0 aliphatic carbocycles. The van der Waals surface area contributed by atoms with Crippen LogP contribution in [0.5, 0.6) is 0 Å². The number of ether oxygens (including phenoxy) is 1. The predicted octanol–water partition coefficient (Wildman–Crippen LogP) is 0.918. The quantitative estimate of drug-likeness (QED) is 0.428. The summed E-state index contributed by atoms with van der Waals surface area (Å²) in [6, 6.07) is 0.550. The highest BCUT2D eigenvalue weighted by Crippen LogP contribution is 2.17. The van der Waals surface area contributed by atoms with Crippen LogP contribution in [0, 0.1) is 5.92 Å². The van der Waals surface area contributed by atoms with Crippen LogP contribution in [0.25, 0.3) is 0 Å². The molecule has 0 amide bonds. The van der Waals surface area contributed by atoms with Gasteiger partial charge in [-0.1, -0.05) is 6.92 Å². The van der Waals surface area contributed by atoms with Crippen LogP contribution in [0.3, 0.4) is 0 Å². The first kappa shape index (κ1) is 16.2. The van der Waals surface area contributed by atoms with Crippen molar-refractivity contribution in [2.75, 3.05) is 46.9 Å². The number of aliphatic imine (C=N–C) groups is 1. The Morgan fingerprint density at radius 1 is 1.37 bits per heavy atom. The summed E-state index contributed by atoms with van der Waals surface area (Å²) in [5.41, 5.74) is 0. The summed E-state index contributed by atoms with van der Waals surface area (Å²) in [5, 5.41) is 6.61. The van der Waals surface area contributed by atoms with Crippen molar-refractivity contribution in [2.45, 2.75) is 32.7 Å². The molecule has 1 saturated heterocycles. The average molecular weight is 270 g/mol. The molecule has 2 N–H and O–H groups in total. The molecule has 1 atom stereocenters. The van der Waals surface area contributed by atoms with Gasteiger partial charge in [0.25, 0.3) is 0 Å². The summed E-state index contributed by atoms with van der Waals surface area (Å²) in [4.78, 5) is 6.77. The van der Waals surface area contributed by atoms with Gasteiger partial charge in [-0.2, -0.15) is 0 Å². The number of nitrogens with one attached hydrogen (secondary N) is 2. The van der Waals surface area contributed by atoms with Gasteiger partial charge in [-0.25, -0.2) is 0 Å². The highest BCUT2D eigenvalue weighted by molar-refractivity contribution is 5.79. The Bertz CT molecular complexity index is 262. The van der Waals surface area contributed by atoms with Crippen molar-refractivity contribution in [3.63, 3.8) is 0 Å². The lowest BCUT2D eigenvalue weighted by Gasteiger charge is -2.35. The minimum atomic E-state index is 0.550. The van der Waals surface area contributed by atoms with Gasteiger partial charge >= 0.3 is 0 Å². The Balaban J connectivity index is 2.22. The molecule has 0 saturated carbocycles. The number of hydrogen-bond donors (Lipinski definition) is 2. The second-order valence-electron chi connectivity index (χ2n) is 5.44. The lowest BCUT2D eigenvalue weighted by Crippen LogP contribution is -2.48. The average Bonchev–Trinajstić information content (AvgIpc) is 2.43. The lowest BCUT2D eigenvalue weighted by atomic mass is 9.98. The number of hydrogen-bond acceptors (Lipinski definition) is 3. The first-order chi connectivity index (χ1) is 9.17. The van der Waals surface area contributed by atoms with Crippen LogP contribution in [0.4, 0.5) is 0 Å². The van der Waals surface area contributed by atoms with E-state index in [-0.39, 0.29) is 0 Å². The maximum atomic E-state index is 5.01. The van der Waals surface area contributed by atoms with Gasteiger partial charge in [0, 0.05) is 33.3 Å². The van der Waals surface area contributed by atoms with E-state index in [0.717, 1.165) is 25.0 Å². The molecule has 1 rings (SSSR count). The number of nitrogens with zero attached hydrogens (tertiary/aromatic N) is 2. The van der Waals surface area contributed by atoms with Crippen LogP contribution in [0.2, 0.25) is 0 Å². The molecule has 1 fully saturated rings. The van der Waals surface area contributed by atoms with E-state index >= 15 is 0 Å². The maximum absolute atomic E-state index is 5.01. The maximum Gasteiger partial charge on any atom is 0.191 e. The molecule has 112 valence electrons. The number of methoxy groups -OCH3 is 1. The minimum Gasteiger partial charge on any atom is -0.383 e. The van der Waals surface area contributed by atoms with E-state index in [9.17, 15) is 0 Å². The van der Waals surface area contributed by atoms with E-state index in [4.69, 9.17) is 4.74 Å². The summed E-state index contributed by atoms with van der Waals surface area (Å²) in [7, 11) is 3.51. The van der Waals surface area contributed by atoms with Gasteiger partial charge in [-0.15, -0.1) is 0 Å². The van der Waals surface area contributed by atoms with Gasteiger partial charge < -0.3 is 15.4 Å². The molecule has 0 aromatic rings. The van der Waals surface area contributed by atoms with E-state index in [1.54, 1.807) is 14.2 Å². The molecule has 5 nitrogen and oxygen atoms in total. The lowest BCUT2D eigenvalue weighted by molar-refractivity contribution is 0.147. The molecule has 1 unspecified atom stereocenters. The molecule has 19 heavy (non-hydrogen) atoms. The van der Waals surface area contributed by atoms with Crippen molar-refractivity contribution < 1.29 is 4.74 Å². The second-order valence-corrected chi connectivity index (χ2v) is 5.44. The zero-order chi connectivity index (χ0) is 14.1. The van der Waals surface area contributed by atoms with Gasteiger partial charge in [-0.05, 0) is 38.8 Å². The fraction of sp³-hybridized carbons (Fsp3) is 0.929. The van der Waals surface area contributed by atoms with Crippen molar-refractivity contribution >= 4 is 5.96 Å². The van der Waals surface area contributed by atoms with Crippen LogP contribution in [-0.2, 0) is 4.74 Å². The SMILES string of the molecule is CN=C(NCCOC)NCC(C)N1CCC(C)CC1. The van der Waals surface area contributed by atoms with Crippen LogP contribution in [0.15, 0.2) is 4.99 Å². The van der Waals surface area contributed by atoms with E-state index in [1.165, 1.54) is 25.9 Å². The zero-order valence-electron chi connectivity index (χ0n) is 12.9. The first-order valence-corrected chi connectivity index (χ1v) is 7.34. The monoisotopic (exact) mass is 270 g/mol. The van der Waals surface area contributed by atoms with Crippen molar-refractivity contribution in [1.82, 2.24) is 15.5 Å².